The third kappa shape index (κ3) is 3.74. The van der Waals surface area contributed by atoms with Gasteiger partial charge in [0.1, 0.15) is 17.8 Å². The minimum atomic E-state index is -0.349. The minimum absolute atomic E-state index is 0.0924. The summed E-state index contributed by atoms with van der Waals surface area (Å²) in [6, 6.07) is 0. The van der Waals surface area contributed by atoms with Crippen LogP contribution >= 0.6 is 0 Å². The highest BCUT2D eigenvalue weighted by Crippen LogP contribution is 2.38. The van der Waals surface area contributed by atoms with Crippen LogP contribution in [0.25, 0.3) is 0 Å². The minimum Gasteiger partial charge on any atom is -0.507 e. The van der Waals surface area contributed by atoms with Crippen LogP contribution < -0.4 is 4.74 Å². The zero-order chi connectivity index (χ0) is 16.7. The first kappa shape index (κ1) is 17.9. The fraction of sp³-hybridized carbons (Fsp3) is 0.412. The fourth-order valence-corrected chi connectivity index (χ4v) is 2.44. The average Bonchev–Trinajstić information content (AvgIpc) is 2.52. The summed E-state index contributed by atoms with van der Waals surface area (Å²) in [5, 5.41) is 19.7. The van der Waals surface area contributed by atoms with Crippen molar-refractivity contribution in [2.24, 2.45) is 0 Å². The van der Waals surface area contributed by atoms with Crippen LogP contribution in [0, 0.1) is 6.92 Å². The van der Waals surface area contributed by atoms with Gasteiger partial charge in [-0.2, -0.15) is 0 Å². The summed E-state index contributed by atoms with van der Waals surface area (Å²) in [4.78, 5) is 21.6. The van der Waals surface area contributed by atoms with Gasteiger partial charge < -0.3 is 19.7 Å². The lowest BCUT2D eigenvalue weighted by Crippen LogP contribution is -2.04. The summed E-state index contributed by atoms with van der Waals surface area (Å²) < 4.78 is 5.34. The molecular weight excluding hydrogens is 284 g/mol. The zero-order valence-corrected chi connectivity index (χ0v) is 13.2. The number of aliphatic hydroxyl groups is 1. The van der Waals surface area contributed by atoms with Crippen LogP contribution in [0.15, 0.2) is 11.6 Å². The van der Waals surface area contributed by atoms with Crippen molar-refractivity contribution in [2.45, 2.75) is 39.7 Å². The van der Waals surface area contributed by atoms with Crippen LogP contribution in [0.5, 0.6) is 11.5 Å². The second-order valence-corrected chi connectivity index (χ2v) is 5.11. The molecule has 0 saturated heterocycles. The van der Waals surface area contributed by atoms with Gasteiger partial charge in [-0.1, -0.05) is 11.6 Å². The third-order valence-electron chi connectivity index (χ3n) is 3.72. The molecule has 0 saturated carbocycles. The monoisotopic (exact) mass is 306 g/mol. The summed E-state index contributed by atoms with van der Waals surface area (Å²) in [5.41, 5.74) is 2.62. The van der Waals surface area contributed by atoms with Gasteiger partial charge in [-0.3, -0.25) is 4.79 Å². The number of phenolic OH excluding ortho intramolecular Hbond substituents is 1. The Morgan fingerprint density at radius 2 is 1.95 bits per heavy atom. The number of benzene rings is 1. The van der Waals surface area contributed by atoms with E-state index in [1.165, 1.54) is 7.11 Å². The van der Waals surface area contributed by atoms with Gasteiger partial charge in [-0.15, -0.1) is 0 Å². The number of hydrogen-bond donors (Lipinski definition) is 2. The van der Waals surface area contributed by atoms with Crippen LogP contribution in [0.1, 0.15) is 46.8 Å². The molecule has 0 spiro atoms. The van der Waals surface area contributed by atoms with Gasteiger partial charge in [0.25, 0.3) is 0 Å². The largest absolute Gasteiger partial charge is 0.507 e. The number of aromatic hydroxyl groups is 1. The molecular formula is C17H22O5. The molecule has 1 aromatic rings. The standard InChI is InChI=1S/C17H22O5/c1-11(5-4-8-18)6-7-13-16(21)15(10-20)14(9-19)12(2)17(13)22-3/h6,8,10,19,21H,4-5,7,9H2,1-3H3/b11-6+. The molecule has 2 N–H and O–H groups in total. The number of aldehydes is 2. The van der Waals surface area contributed by atoms with Crippen LogP contribution in [0.2, 0.25) is 0 Å². The van der Waals surface area contributed by atoms with Gasteiger partial charge in [-0.05, 0) is 37.8 Å². The molecule has 22 heavy (non-hydrogen) atoms. The Balaban J connectivity index is 3.31. The van der Waals surface area contributed by atoms with Crippen molar-refractivity contribution >= 4 is 12.6 Å². The maximum atomic E-state index is 11.2. The lowest BCUT2D eigenvalue weighted by atomic mass is 9.94. The molecule has 120 valence electrons. The SMILES string of the molecule is COc1c(C)c(CO)c(C=O)c(O)c1C/C=C(\C)CCC=O. The second-order valence-electron chi connectivity index (χ2n) is 5.11. The van der Waals surface area contributed by atoms with E-state index in [-0.39, 0.29) is 17.9 Å². The van der Waals surface area contributed by atoms with Crippen molar-refractivity contribution in [3.05, 3.63) is 33.9 Å². The number of carbonyl (C=O) groups is 2. The van der Waals surface area contributed by atoms with E-state index in [9.17, 15) is 19.8 Å². The highest BCUT2D eigenvalue weighted by atomic mass is 16.5. The smallest absolute Gasteiger partial charge is 0.154 e. The average molecular weight is 306 g/mol. The van der Waals surface area contributed by atoms with Gasteiger partial charge in [0.2, 0.25) is 0 Å². The molecule has 0 amide bonds. The summed E-state index contributed by atoms with van der Waals surface area (Å²) in [5.74, 6) is 0.299. The Labute approximate surface area is 130 Å². The van der Waals surface area contributed by atoms with E-state index in [0.29, 0.717) is 48.0 Å². The lowest BCUT2D eigenvalue weighted by Gasteiger charge is -2.18. The highest BCUT2D eigenvalue weighted by molar-refractivity contribution is 5.84. The van der Waals surface area contributed by atoms with E-state index < -0.39 is 0 Å². The summed E-state index contributed by atoms with van der Waals surface area (Å²) >= 11 is 0. The molecule has 5 heteroatoms. The van der Waals surface area contributed by atoms with Crippen LogP contribution in [0.3, 0.4) is 0 Å². The Bertz CT molecular complexity index is 587. The maximum absolute atomic E-state index is 11.2. The number of hydrogen-bond acceptors (Lipinski definition) is 5. The number of ether oxygens (including phenoxy) is 1. The van der Waals surface area contributed by atoms with Crippen LogP contribution in [0.4, 0.5) is 0 Å². The van der Waals surface area contributed by atoms with Crippen molar-refractivity contribution in [2.75, 3.05) is 7.11 Å². The first-order valence-corrected chi connectivity index (χ1v) is 7.08. The van der Waals surface area contributed by atoms with Crippen molar-refractivity contribution < 1.29 is 24.5 Å². The lowest BCUT2D eigenvalue weighted by molar-refractivity contribution is -0.107. The number of allylic oxidation sites excluding steroid dienone is 2. The van der Waals surface area contributed by atoms with Crippen molar-refractivity contribution in [3.63, 3.8) is 0 Å². The molecule has 0 bridgehead atoms. The quantitative estimate of drug-likeness (QED) is 0.569. The van der Waals surface area contributed by atoms with E-state index in [4.69, 9.17) is 4.74 Å². The van der Waals surface area contributed by atoms with Gasteiger partial charge in [0, 0.05) is 12.0 Å². The number of aliphatic hydroxyl groups excluding tert-OH is 1. The zero-order valence-electron chi connectivity index (χ0n) is 13.2. The predicted molar refractivity (Wildman–Crippen MR) is 83.5 cm³/mol. The molecule has 0 aliphatic heterocycles. The number of phenols is 1. The van der Waals surface area contributed by atoms with Gasteiger partial charge in [0.05, 0.1) is 19.3 Å². The van der Waals surface area contributed by atoms with Crippen LogP contribution in [-0.4, -0.2) is 29.9 Å². The fourth-order valence-electron chi connectivity index (χ4n) is 2.44. The molecule has 1 rings (SSSR count). The second kappa shape index (κ2) is 8.34. The maximum Gasteiger partial charge on any atom is 0.154 e. The molecule has 0 aliphatic rings. The van der Waals surface area contributed by atoms with Crippen molar-refractivity contribution in [1.82, 2.24) is 0 Å². The first-order chi connectivity index (χ1) is 10.5. The Morgan fingerprint density at radius 1 is 1.27 bits per heavy atom. The molecule has 0 radical (unpaired) electrons. The van der Waals surface area contributed by atoms with E-state index in [2.05, 4.69) is 0 Å². The summed E-state index contributed by atoms with van der Waals surface area (Å²) in [6.45, 7) is 3.30. The van der Waals surface area contributed by atoms with Crippen molar-refractivity contribution in [1.29, 1.82) is 0 Å². The third-order valence-corrected chi connectivity index (χ3v) is 3.72. The van der Waals surface area contributed by atoms with Gasteiger partial charge in [0.15, 0.2) is 6.29 Å². The molecule has 0 atom stereocenters. The Morgan fingerprint density at radius 3 is 2.45 bits per heavy atom. The van der Waals surface area contributed by atoms with Gasteiger partial charge >= 0.3 is 0 Å². The molecule has 0 aromatic heterocycles. The van der Waals surface area contributed by atoms with E-state index in [0.717, 1.165) is 11.9 Å². The number of rotatable bonds is 8. The molecule has 0 aliphatic carbocycles. The molecule has 1 aromatic carbocycles. The number of carbonyl (C=O) groups excluding carboxylic acids is 2. The Kier molecular flexibility index (Phi) is 6.79. The molecule has 0 unspecified atom stereocenters. The topological polar surface area (TPSA) is 83.8 Å². The summed E-state index contributed by atoms with van der Waals surface area (Å²) in [7, 11) is 1.48. The van der Waals surface area contributed by atoms with E-state index in [1.54, 1.807) is 6.92 Å². The number of methoxy groups -OCH3 is 1. The highest BCUT2D eigenvalue weighted by Gasteiger charge is 2.20. The normalized spacial score (nSPS) is 11.4. The molecule has 0 heterocycles. The molecule has 0 fully saturated rings. The first-order valence-electron chi connectivity index (χ1n) is 7.08. The summed E-state index contributed by atoms with van der Waals surface area (Å²) in [6.07, 6.45) is 4.79. The Hall–Kier alpha value is -2.14. The van der Waals surface area contributed by atoms with Gasteiger partial charge in [-0.25, -0.2) is 0 Å². The predicted octanol–water partition coefficient (Wildman–Crippen LogP) is 2.48. The van der Waals surface area contributed by atoms with Crippen molar-refractivity contribution in [3.8, 4) is 11.5 Å². The van der Waals surface area contributed by atoms with E-state index >= 15 is 0 Å². The van der Waals surface area contributed by atoms with Crippen LogP contribution in [-0.2, 0) is 17.8 Å². The van der Waals surface area contributed by atoms with E-state index in [1.807, 2.05) is 13.0 Å². The molecule has 5 nitrogen and oxygen atoms in total.